The molecule has 0 fully saturated rings. The van der Waals surface area contributed by atoms with E-state index in [1.165, 1.54) is 0 Å². The second-order valence-corrected chi connectivity index (χ2v) is 5.52. The molecule has 0 aliphatic carbocycles. The van der Waals surface area contributed by atoms with Crippen molar-refractivity contribution in [2.75, 3.05) is 5.32 Å². The Morgan fingerprint density at radius 2 is 1.67 bits per heavy atom. The lowest BCUT2D eigenvalue weighted by Crippen LogP contribution is -1.99. The van der Waals surface area contributed by atoms with Gasteiger partial charge >= 0.3 is 0 Å². The van der Waals surface area contributed by atoms with E-state index in [1.54, 1.807) is 18.2 Å². The van der Waals surface area contributed by atoms with Gasteiger partial charge in [-0.15, -0.1) is 0 Å². The Morgan fingerprint density at radius 3 is 2.28 bits per heavy atom. The molecule has 0 radical (unpaired) electrons. The summed E-state index contributed by atoms with van der Waals surface area (Å²) in [5, 5.41) is 22.1. The highest BCUT2D eigenvalue weighted by Gasteiger charge is 2.05. The van der Waals surface area contributed by atoms with Crippen LogP contribution in [0.15, 0.2) is 45.3 Å². The molecule has 3 N–H and O–H groups in total. The molecule has 0 atom stereocenters. The van der Waals surface area contributed by atoms with E-state index in [0.717, 1.165) is 11.3 Å². The molecular weight excluding hydrogens is 362 g/mol. The zero-order chi connectivity index (χ0) is 13.1. The van der Waals surface area contributed by atoms with Gasteiger partial charge in [-0.1, -0.05) is 6.07 Å². The van der Waals surface area contributed by atoms with E-state index in [2.05, 4.69) is 37.2 Å². The number of rotatable bonds is 3. The minimum absolute atomic E-state index is 0.191. The maximum atomic E-state index is 9.61. The number of hydrogen-bond donors (Lipinski definition) is 3. The summed E-state index contributed by atoms with van der Waals surface area (Å²) in [7, 11) is 0. The molecule has 0 aliphatic rings. The fourth-order valence-electron chi connectivity index (χ4n) is 1.54. The molecule has 0 amide bonds. The van der Waals surface area contributed by atoms with Gasteiger partial charge in [0.25, 0.3) is 0 Å². The van der Waals surface area contributed by atoms with Gasteiger partial charge in [-0.05, 0) is 61.7 Å². The standard InChI is InChI=1S/C13H11Br2NO2/c14-11-4-8(5-12(15)13(11)18)7-16-9-2-1-3-10(17)6-9/h1-6,16-18H,7H2. The number of anilines is 1. The first-order chi connectivity index (χ1) is 8.56. The summed E-state index contributed by atoms with van der Waals surface area (Å²) in [6.07, 6.45) is 0. The summed E-state index contributed by atoms with van der Waals surface area (Å²) < 4.78 is 1.29. The Balaban J connectivity index is 2.11. The van der Waals surface area contributed by atoms with Crippen molar-refractivity contribution >= 4 is 37.5 Å². The predicted octanol–water partition coefficient (Wildman–Crippen LogP) is 4.23. The van der Waals surface area contributed by atoms with Gasteiger partial charge in [-0.25, -0.2) is 0 Å². The number of hydrogen-bond acceptors (Lipinski definition) is 3. The quantitative estimate of drug-likeness (QED) is 0.755. The minimum Gasteiger partial charge on any atom is -0.508 e. The van der Waals surface area contributed by atoms with Crippen LogP contribution in [-0.4, -0.2) is 10.2 Å². The molecule has 94 valence electrons. The van der Waals surface area contributed by atoms with Crippen molar-refractivity contribution in [3.63, 3.8) is 0 Å². The van der Waals surface area contributed by atoms with Gasteiger partial charge in [0.1, 0.15) is 11.5 Å². The number of phenols is 2. The second-order valence-electron chi connectivity index (χ2n) is 3.81. The summed E-state index contributed by atoms with van der Waals surface area (Å²) >= 11 is 6.57. The van der Waals surface area contributed by atoms with Crippen molar-refractivity contribution in [3.8, 4) is 11.5 Å². The summed E-state index contributed by atoms with van der Waals surface area (Å²) in [5.74, 6) is 0.421. The van der Waals surface area contributed by atoms with Crippen LogP contribution in [0.4, 0.5) is 5.69 Å². The van der Waals surface area contributed by atoms with E-state index in [1.807, 2.05) is 18.2 Å². The van der Waals surface area contributed by atoms with E-state index < -0.39 is 0 Å². The summed E-state index contributed by atoms with van der Waals surface area (Å²) in [5.41, 5.74) is 1.85. The molecule has 0 saturated heterocycles. The van der Waals surface area contributed by atoms with Gasteiger partial charge in [0.2, 0.25) is 0 Å². The fraction of sp³-hybridized carbons (Fsp3) is 0.0769. The van der Waals surface area contributed by atoms with Crippen LogP contribution in [0.3, 0.4) is 0 Å². The molecule has 3 nitrogen and oxygen atoms in total. The van der Waals surface area contributed by atoms with Crippen molar-refractivity contribution in [1.82, 2.24) is 0 Å². The van der Waals surface area contributed by atoms with Crippen LogP contribution in [-0.2, 0) is 6.54 Å². The maximum absolute atomic E-state index is 9.61. The fourth-order valence-corrected chi connectivity index (χ4v) is 2.82. The molecule has 0 heterocycles. The van der Waals surface area contributed by atoms with E-state index >= 15 is 0 Å². The summed E-state index contributed by atoms with van der Waals surface area (Å²) in [6.45, 7) is 0.598. The molecule has 5 heteroatoms. The SMILES string of the molecule is Oc1cccc(NCc2cc(Br)c(O)c(Br)c2)c1. The zero-order valence-corrected chi connectivity index (χ0v) is 12.5. The predicted molar refractivity (Wildman–Crippen MR) is 78.9 cm³/mol. The second kappa shape index (κ2) is 5.63. The monoisotopic (exact) mass is 371 g/mol. The molecule has 0 aromatic heterocycles. The van der Waals surface area contributed by atoms with Crippen LogP contribution in [0, 0.1) is 0 Å². The smallest absolute Gasteiger partial charge is 0.143 e. The number of halogens is 2. The van der Waals surface area contributed by atoms with Gasteiger partial charge in [0, 0.05) is 18.3 Å². The topological polar surface area (TPSA) is 52.5 Å². The molecule has 0 unspecified atom stereocenters. The molecule has 0 saturated carbocycles. The molecule has 2 aromatic rings. The molecule has 18 heavy (non-hydrogen) atoms. The van der Waals surface area contributed by atoms with Crippen molar-refractivity contribution in [2.24, 2.45) is 0 Å². The molecule has 0 spiro atoms. The van der Waals surface area contributed by atoms with Crippen LogP contribution >= 0.6 is 31.9 Å². The van der Waals surface area contributed by atoms with Gasteiger partial charge < -0.3 is 15.5 Å². The van der Waals surface area contributed by atoms with Crippen LogP contribution in [0.5, 0.6) is 11.5 Å². The Hall–Kier alpha value is -1.20. The lowest BCUT2D eigenvalue weighted by molar-refractivity contribution is 0.468. The third-order valence-electron chi connectivity index (χ3n) is 2.42. The van der Waals surface area contributed by atoms with E-state index in [4.69, 9.17) is 0 Å². The van der Waals surface area contributed by atoms with Gasteiger partial charge in [-0.3, -0.25) is 0 Å². The highest BCUT2D eigenvalue weighted by Crippen LogP contribution is 2.33. The molecular formula is C13H11Br2NO2. The van der Waals surface area contributed by atoms with Crippen molar-refractivity contribution in [3.05, 3.63) is 50.9 Å². The van der Waals surface area contributed by atoms with Crippen molar-refractivity contribution in [1.29, 1.82) is 0 Å². The van der Waals surface area contributed by atoms with Crippen LogP contribution in [0.1, 0.15) is 5.56 Å². The van der Waals surface area contributed by atoms with Crippen molar-refractivity contribution in [2.45, 2.75) is 6.54 Å². The Bertz CT molecular complexity index is 550. The Morgan fingerprint density at radius 1 is 1.00 bits per heavy atom. The lowest BCUT2D eigenvalue weighted by Gasteiger charge is -2.09. The van der Waals surface area contributed by atoms with E-state index in [9.17, 15) is 10.2 Å². The molecule has 0 aliphatic heterocycles. The van der Waals surface area contributed by atoms with E-state index in [0.29, 0.717) is 15.5 Å². The third kappa shape index (κ3) is 3.17. The lowest BCUT2D eigenvalue weighted by atomic mass is 10.2. The van der Waals surface area contributed by atoms with Crippen LogP contribution in [0.2, 0.25) is 0 Å². The average Bonchev–Trinajstić information content (AvgIpc) is 2.33. The van der Waals surface area contributed by atoms with Crippen molar-refractivity contribution < 1.29 is 10.2 Å². The number of nitrogens with one attached hydrogen (secondary N) is 1. The summed E-state index contributed by atoms with van der Waals surface area (Å²) in [6, 6.07) is 10.6. The van der Waals surface area contributed by atoms with Gasteiger partial charge in [0.15, 0.2) is 0 Å². The van der Waals surface area contributed by atoms with Crippen LogP contribution in [0.25, 0.3) is 0 Å². The highest BCUT2D eigenvalue weighted by molar-refractivity contribution is 9.11. The largest absolute Gasteiger partial charge is 0.508 e. The zero-order valence-electron chi connectivity index (χ0n) is 9.32. The Labute approximate surface area is 122 Å². The van der Waals surface area contributed by atoms with Crippen LogP contribution < -0.4 is 5.32 Å². The molecule has 2 aromatic carbocycles. The number of phenolic OH excluding ortho intramolecular Hbond substituents is 2. The maximum Gasteiger partial charge on any atom is 0.143 e. The summed E-state index contributed by atoms with van der Waals surface area (Å²) in [4.78, 5) is 0. The van der Waals surface area contributed by atoms with Gasteiger partial charge in [0.05, 0.1) is 8.95 Å². The normalized spacial score (nSPS) is 10.3. The first kappa shape index (κ1) is 13.2. The van der Waals surface area contributed by atoms with Gasteiger partial charge in [-0.2, -0.15) is 0 Å². The molecule has 2 rings (SSSR count). The third-order valence-corrected chi connectivity index (χ3v) is 3.63. The first-order valence-corrected chi connectivity index (χ1v) is 6.84. The first-order valence-electron chi connectivity index (χ1n) is 5.26. The average molecular weight is 373 g/mol. The Kier molecular flexibility index (Phi) is 4.14. The number of benzene rings is 2. The van der Waals surface area contributed by atoms with E-state index in [-0.39, 0.29) is 11.5 Å². The molecule has 0 bridgehead atoms. The number of aromatic hydroxyl groups is 2. The minimum atomic E-state index is 0.191. The highest BCUT2D eigenvalue weighted by atomic mass is 79.9.